The number of hydrogen-bond donors (Lipinski definition) is 0. The molecular formula is C6H15NO2S. The summed E-state index contributed by atoms with van der Waals surface area (Å²) in [5.41, 5.74) is 0. The number of rotatable bonds is 3. The third-order valence-corrected chi connectivity index (χ3v) is 1.34. The molecule has 0 aliphatic carbocycles. The first-order valence-electron chi connectivity index (χ1n) is 3.40. The van der Waals surface area contributed by atoms with Crippen molar-refractivity contribution in [2.45, 2.75) is 20.8 Å². The standard InChI is InChI=1S/C6H15N.O2S/c1-4-7(5-2)6-3;1-3-2/h4-6H2,1-3H3;. The van der Waals surface area contributed by atoms with Gasteiger partial charge in [-0.1, -0.05) is 20.8 Å². The third kappa shape index (κ3) is 10.7. The van der Waals surface area contributed by atoms with Crippen LogP contribution in [0.2, 0.25) is 0 Å². The van der Waals surface area contributed by atoms with E-state index in [2.05, 4.69) is 25.7 Å². The second-order valence-corrected chi connectivity index (χ2v) is 1.82. The van der Waals surface area contributed by atoms with Crippen LogP contribution in [0.1, 0.15) is 20.8 Å². The van der Waals surface area contributed by atoms with Crippen LogP contribution in [0.4, 0.5) is 0 Å². The Morgan fingerprint density at radius 2 is 1.20 bits per heavy atom. The fourth-order valence-corrected chi connectivity index (χ4v) is 0.671. The van der Waals surface area contributed by atoms with Gasteiger partial charge in [0.15, 0.2) is 0 Å². The fourth-order valence-electron chi connectivity index (χ4n) is 0.671. The quantitative estimate of drug-likeness (QED) is 0.617. The lowest BCUT2D eigenvalue weighted by molar-refractivity contribution is 0.321. The van der Waals surface area contributed by atoms with E-state index in [-0.39, 0.29) is 0 Å². The van der Waals surface area contributed by atoms with Gasteiger partial charge in [0.25, 0.3) is 0 Å². The smallest absolute Gasteiger partial charge is 0.304 e. The minimum Gasteiger partial charge on any atom is -0.304 e. The summed E-state index contributed by atoms with van der Waals surface area (Å²) in [7, 11) is 0. The van der Waals surface area contributed by atoms with E-state index in [4.69, 9.17) is 8.42 Å². The third-order valence-electron chi connectivity index (χ3n) is 1.34. The second kappa shape index (κ2) is 11.6. The van der Waals surface area contributed by atoms with Crippen LogP contribution in [0.25, 0.3) is 0 Å². The van der Waals surface area contributed by atoms with Gasteiger partial charge < -0.3 is 4.90 Å². The highest BCUT2D eigenvalue weighted by molar-refractivity contribution is 7.51. The maximum atomic E-state index is 8.29. The van der Waals surface area contributed by atoms with E-state index in [0.29, 0.717) is 0 Å². The highest BCUT2D eigenvalue weighted by atomic mass is 32.1. The van der Waals surface area contributed by atoms with Crippen LogP contribution in [-0.4, -0.2) is 33.0 Å². The van der Waals surface area contributed by atoms with Gasteiger partial charge in [0, 0.05) is 0 Å². The zero-order valence-corrected chi connectivity index (χ0v) is 7.61. The van der Waals surface area contributed by atoms with Gasteiger partial charge in [0.1, 0.15) is 0 Å². The molecule has 3 nitrogen and oxygen atoms in total. The lowest BCUT2D eigenvalue weighted by Crippen LogP contribution is -2.21. The monoisotopic (exact) mass is 165 g/mol. The van der Waals surface area contributed by atoms with Crippen molar-refractivity contribution in [3.05, 3.63) is 0 Å². The summed E-state index contributed by atoms with van der Waals surface area (Å²) in [5, 5.41) is 0. The Morgan fingerprint density at radius 1 is 1.00 bits per heavy atom. The molecule has 0 aromatic rings. The van der Waals surface area contributed by atoms with Crippen LogP contribution in [0, 0.1) is 0 Å². The molecule has 0 N–H and O–H groups in total. The van der Waals surface area contributed by atoms with E-state index in [1.54, 1.807) is 0 Å². The molecule has 0 bridgehead atoms. The van der Waals surface area contributed by atoms with Crippen molar-refractivity contribution < 1.29 is 8.42 Å². The summed E-state index contributed by atoms with van der Waals surface area (Å²) in [6.07, 6.45) is 0. The van der Waals surface area contributed by atoms with Crippen LogP contribution in [0.15, 0.2) is 0 Å². The van der Waals surface area contributed by atoms with Crippen molar-refractivity contribution in [1.29, 1.82) is 0 Å². The Hall–Kier alpha value is -0.220. The van der Waals surface area contributed by atoms with Gasteiger partial charge in [-0.3, -0.25) is 0 Å². The normalized spacial score (nSPS) is 8.40. The van der Waals surface area contributed by atoms with Crippen LogP contribution in [0.5, 0.6) is 0 Å². The minimum absolute atomic E-state index is 0.750. The van der Waals surface area contributed by atoms with Crippen LogP contribution in [0.3, 0.4) is 0 Å². The fraction of sp³-hybridized carbons (Fsp3) is 1.00. The van der Waals surface area contributed by atoms with Gasteiger partial charge in [0.05, 0.1) is 0 Å². The summed E-state index contributed by atoms with van der Waals surface area (Å²) in [6.45, 7) is 10.1. The molecule has 0 saturated carbocycles. The van der Waals surface area contributed by atoms with Gasteiger partial charge >= 0.3 is 11.6 Å². The van der Waals surface area contributed by atoms with E-state index in [0.717, 1.165) is 0 Å². The molecule has 0 atom stereocenters. The van der Waals surface area contributed by atoms with E-state index in [9.17, 15) is 0 Å². The molecule has 10 heavy (non-hydrogen) atoms. The van der Waals surface area contributed by atoms with Gasteiger partial charge in [-0.05, 0) is 19.6 Å². The molecule has 0 amide bonds. The SMILES string of the molecule is CCN(CC)CC.O=S=O. The molecule has 0 heterocycles. The van der Waals surface area contributed by atoms with Crippen LogP contribution >= 0.6 is 0 Å². The zero-order valence-electron chi connectivity index (χ0n) is 6.79. The topological polar surface area (TPSA) is 37.4 Å². The lowest BCUT2D eigenvalue weighted by Gasteiger charge is -2.13. The highest BCUT2D eigenvalue weighted by Gasteiger charge is 1.89. The van der Waals surface area contributed by atoms with Crippen molar-refractivity contribution in [2.75, 3.05) is 19.6 Å². The van der Waals surface area contributed by atoms with Gasteiger partial charge in [-0.25, -0.2) is 0 Å². The van der Waals surface area contributed by atoms with Gasteiger partial charge in [-0.2, -0.15) is 8.42 Å². The van der Waals surface area contributed by atoms with Crippen LogP contribution in [-0.2, 0) is 11.6 Å². The first kappa shape index (κ1) is 12.5. The Labute approximate surface area is 66.0 Å². The molecule has 4 heteroatoms. The van der Waals surface area contributed by atoms with Crippen molar-refractivity contribution in [3.8, 4) is 0 Å². The summed E-state index contributed by atoms with van der Waals surface area (Å²) < 4.78 is 16.6. The molecule has 0 unspecified atom stereocenters. The molecule has 0 rings (SSSR count). The summed E-state index contributed by atoms with van der Waals surface area (Å²) in [6, 6.07) is 0. The van der Waals surface area contributed by atoms with Crippen molar-refractivity contribution in [3.63, 3.8) is 0 Å². The summed E-state index contributed by atoms with van der Waals surface area (Å²) >= 11 is -0.750. The largest absolute Gasteiger partial charge is 0.335 e. The first-order valence-corrected chi connectivity index (χ1v) is 4.07. The van der Waals surface area contributed by atoms with E-state index < -0.39 is 11.6 Å². The Kier molecular flexibility index (Phi) is 14.4. The molecule has 0 fully saturated rings. The average molecular weight is 165 g/mol. The molecule has 0 radical (unpaired) electrons. The average Bonchev–Trinajstić information content (AvgIpc) is 1.93. The highest BCUT2D eigenvalue weighted by Crippen LogP contribution is 1.81. The Morgan fingerprint density at radius 3 is 1.20 bits per heavy atom. The predicted molar refractivity (Wildman–Crippen MR) is 42.4 cm³/mol. The van der Waals surface area contributed by atoms with E-state index in [1.165, 1.54) is 19.6 Å². The predicted octanol–water partition coefficient (Wildman–Crippen LogP) is 0.678. The molecule has 0 aliphatic heterocycles. The van der Waals surface area contributed by atoms with E-state index >= 15 is 0 Å². The Balaban J connectivity index is 0. The molecule has 0 aliphatic rings. The summed E-state index contributed by atoms with van der Waals surface area (Å²) in [5.74, 6) is 0. The molecular weight excluding hydrogens is 150 g/mol. The van der Waals surface area contributed by atoms with Gasteiger partial charge in [0.2, 0.25) is 0 Å². The van der Waals surface area contributed by atoms with Gasteiger partial charge in [-0.15, -0.1) is 0 Å². The first-order chi connectivity index (χ1) is 4.76. The maximum Gasteiger partial charge on any atom is 0.335 e. The minimum atomic E-state index is -0.750. The lowest BCUT2D eigenvalue weighted by atomic mass is 10.5. The molecule has 0 spiro atoms. The zero-order chi connectivity index (χ0) is 8.41. The number of hydrogen-bond acceptors (Lipinski definition) is 3. The molecule has 0 saturated heterocycles. The number of nitrogens with zero attached hydrogens (tertiary/aromatic N) is 1. The molecule has 0 aromatic carbocycles. The maximum absolute atomic E-state index is 8.29. The molecule has 62 valence electrons. The second-order valence-electron chi connectivity index (χ2n) is 1.69. The Bertz CT molecular complexity index is 82.2. The van der Waals surface area contributed by atoms with Crippen molar-refractivity contribution in [1.82, 2.24) is 4.90 Å². The summed E-state index contributed by atoms with van der Waals surface area (Å²) in [4.78, 5) is 2.38. The van der Waals surface area contributed by atoms with E-state index in [1.807, 2.05) is 0 Å². The van der Waals surface area contributed by atoms with Crippen molar-refractivity contribution >= 4 is 11.6 Å². The van der Waals surface area contributed by atoms with Crippen molar-refractivity contribution in [2.24, 2.45) is 0 Å². The van der Waals surface area contributed by atoms with Crippen LogP contribution < -0.4 is 0 Å². The molecule has 0 aromatic heterocycles.